The summed E-state index contributed by atoms with van der Waals surface area (Å²) in [7, 11) is 1.78. The van der Waals surface area contributed by atoms with Crippen LogP contribution in [0.15, 0.2) is 48.9 Å². The second kappa shape index (κ2) is 10.9. The van der Waals surface area contributed by atoms with Gasteiger partial charge in [0.2, 0.25) is 0 Å². The average Bonchev–Trinajstić information content (AvgIpc) is 3.33. The van der Waals surface area contributed by atoms with E-state index in [1.807, 2.05) is 0 Å². The van der Waals surface area contributed by atoms with Gasteiger partial charge in [-0.2, -0.15) is 0 Å². The highest BCUT2D eigenvalue weighted by atomic mass is 16.4. The lowest BCUT2D eigenvalue weighted by Crippen LogP contribution is -2.29. The molecule has 0 saturated carbocycles. The number of amides is 1. The third-order valence-electron chi connectivity index (χ3n) is 6.02. The van der Waals surface area contributed by atoms with Crippen molar-refractivity contribution in [3.63, 3.8) is 0 Å². The molecule has 1 fully saturated rings. The molecular formula is C25H30N6O3. The lowest BCUT2D eigenvalue weighted by atomic mass is 10.1. The molecule has 2 aromatic heterocycles. The van der Waals surface area contributed by atoms with Crippen molar-refractivity contribution in [3.05, 3.63) is 60.0 Å². The first kappa shape index (κ1) is 23.4. The number of pyridine rings is 1. The molecule has 0 radical (unpaired) electrons. The maximum absolute atomic E-state index is 13.0. The number of aliphatic carboxylic acids is 1. The molecule has 4 rings (SSSR count). The first-order valence-electron chi connectivity index (χ1n) is 11.7. The molecule has 3 aromatic rings. The number of anilines is 1. The monoisotopic (exact) mass is 462 g/mol. The van der Waals surface area contributed by atoms with E-state index in [0.717, 1.165) is 18.7 Å². The van der Waals surface area contributed by atoms with Gasteiger partial charge >= 0.3 is 5.97 Å². The molecule has 9 nitrogen and oxygen atoms in total. The van der Waals surface area contributed by atoms with E-state index in [1.54, 1.807) is 41.3 Å². The summed E-state index contributed by atoms with van der Waals surface area (Å²) in [6.07, 6.45) is 9.28. The summed E-state index contributed by atoms with van der Waals surface area (Å²) in [5, 5.41) is 17.0. The zero-order chi connectivity index (χ0) is 23.9. The smallest absolute Gasteiger partial charge is 0.303 e. The van der Waals surface area contributed by atoms with E-state index in [4.69, 9.17) is 5.11 Å². The van der Waals surface area contributed by atoms with E-state index in [2.05, 4.69) is 44.5 Å². The van der Waals surface area contributed by atoms with Crippen LogP contribution in [0.1, 0.15) is 48.0 Å². The van der Waals surface area contributed by atoms with Crippen molar-refractivity contribution in [2.75, 3.05) is 25.0 Å². The Labute approximate surface area is 199 Å². The van der Waals surface area contributed by atoms with Gasteiger partial charge in [0, 0.05) is 63.3 Å². The largest absolute Gasteiger partial charge is 0.481 e. The van der Waals surface area contributed by atoms with Crippen molar-refractivity contribution in [2.45, 2.75) is 45.2 Å². The van der Waals surface area contributed by atoms with Crippen molar-refractivity contribution in [2.24, 2.45) is 0 Å². The highest BCUT2D eigenvalue weighted by Gasteiger charge is 2.16. The van der Waals surface area contributed by atoms with Gasteiger partial charge in [-0.25, -0.2) is 0 Å². The first-order chi connectivity index (χ1) is 16.5. The van der Waals surface area contributed by atoms with Crippen LogP contribution in [0.5, 0.6) is 0 Å². The Bertz CT molecular complexity index is 1120. The molecule has 178 valence electrons. The summed E-state index contributed by atoms with van der Waals surface area (Å²) in [5.41, 5.74) is 4.07. The van der Waals surface area contributed by atoms with Gasteiger partial charge in [-0.1, -0.05) is 17.3 Å². The summed E-state index contributed by atoms with van der Waals surface area (Å²) < 4.78 is 1.60. The highest BCUT2D eigenvalue weighted by molar-refractivity contribution is 5.94. The molecule has 0 aliphatic carbocycles. The summed E-state index contributed by atoms with van der Waals surface area (Å²) in [4.78, 5) is 32.0. The number of benzene rings is 1. The lowest BCUT2D eigenvalue weighted by Gasteiger charge is -2.29. The van der Waals surface area contributed by atoms with Gasteiger partial charge in [0.05, 0.1) is 11.8 Å². The third-order valence-corrected chi connectivity index (χ3v) is 6.02. The zero-order valence-corrected chi connectivity index (χ0v) is 19.4. The molecule has 1 amide bonds. The van der Waals surface area contributed by atoms with Crippen LogP contribution >= 0.6 is 0 Å². The van der Waals surface area contributed by atoms with E-state index in [-0.39, 0.29) is 12.3 Å². The van der Waals surface area contributed by atoms with Crippen LogP contribution in [0, 0.1) is 0 Å². The van der Waals surface area contributed by atoms with Crippen molar-refractivity contribution >= 4 is 17.6 Å². The van der Waals surface area contributed by atoms with Gasteiger partial charge in [0.15, 0.2) is 0 Å². The quantitative estimate of drug-likeness (QED) is 0.519. The predicted octanol–water partition coefficient (Wildman–Crippen LogP) is 3.47. The van der Waals surface area contributed by atoms with Crippen LogP contribution in [0.25, 0.3) is 11.3 Å². The number of piperidine rings is 1. The number of rotatable bonds is 9. The van der Waals surface area contributed by atoms with Crippen molar-refractivity contribution < 1.29 is 14.7 Å². The Balaban J connectivity index is 1.38. The van der Waals surface area contributed by atoms with Crippen molar-refractivity contribution in [3.8, 4) is 11.3 Å². The molecule has 1 saturated heterocycles. The Morgan fingerprint density at radius 1 is 1.09 bits per heavy atom. The number of carbonyl (C=O) groups is 2. The van der Waals surface area contributed by atoms with Crippen LogP contribution in [0.4, 0.5) is 5.69 Å². The van der Waals surface area contributed by atoms with Crippen molar-refractivity contribution in [1.29, 1.82) is 0 Å². The number of nitrogens with zero attached hydrogens (tertiary/aromatic N) is 6. The molecule has 9 heteroatoms. The fourth-order valence-corrected chi connectivity index (χ4v) is 4.16. The molecule has 1 aliphatic rings. The summed E-state index contributed by atoms with van der Waals surface area (Å²) in [6.45, 7) is 3.18. The highest BCUT2D eigenvalue weighted by Crippen LogP contribution is 2.21. The SMILES string of the molecule is CN(Cc1ccc(N2CCCCC2)cc1)C(=O)c1cncc(-c2cn(CCCC(=O)O)nn2)c1. The number of carboxylic acids is 1. The van der Waals surface area contributed by atoms with E-state index in [0.29, 0.717) is 36.3 Å². The number of carbonyl (C=O) groups excluding carboxylic acids is 1. The van der Waals surface area contributed by atoms with Crippen LogP contribution in [0.2, 0.25) is 0 Å². The molecule has 3 heterocycles. The predicted molar refractivity (Wildman–Crippen MR) is 128 cm³/mol. The second-order valence-corrected chi connectivity index (χ2v) is 8.70. The summed E-state index contributed by atoms with van der Waals surface area (Å²) >= 11 is 0. The van der Waals surface area contributed by atoms with Crippen LogP contribution < -0.4 is 4.90 Å². The maximum atomic E-state index is 13.0. The van der Waals surface area contributed by atoms with Gasteiger partial charge in [-0.3, -0.25) is 19.3 Å². The number of hydrogen-bond donors (Lipinski definition) is 1. The lowest BCUT2D eigenvalue weighted by molar-refractivity contribution is -0.137. The Morgan fingerprint density at radius 3 is 2.59 bits per heavy atom. The standard InChI is InChI=1S/C25H30N6O3/c1-29(17-19-7-9-22(10-8-19)30-11-3-2-4-12-30)25(34)21-14-20(15-26-16-21)23-18-31(28-27-23)13-5-6-24(32)33/h7-10,14-16,18H,2-6,11-13,17H2,1H3,(H,32,33). The molecule has 0 bridgehead atoms. The van der Waals surface area contributed by atoms with Gasteiger partial charge in [-0.15, -0.1) is 5.10 Å². The zero-order valence-electron chi connectivity index (χ0n) is 19.4. The molecule has 0 spiro atoms. The van der Waals surface area contributed by atoms with E-state index < -0.39 is 5.97 Å². The molecule has 1 aromatic carbocycles. The molecule has 1 aliphatic heterocycles. The Morgan fingerprint density at radius 2 is 1.85 bits per heavy atom. The second-order valence-electron chi connectivity index (χ2n) is 8.70. The summed E-state index contributed by atoms with van der Waals surface area (Å²) in [6, 6.07) is 10.2. The van der Waals surface area contributed by atoms with E-state index in [1.165, 1.54) is 24.9 Å². The fraction of sp³-hybridized carbons (Fsp3) is 0.400. The molecule has 34 heavy (non-hydrogen) atoms. The van der Waals surface area contributed by atoms with Gasteiger partial charge in [0.1, 0.15) is 5.69 Å². The summed E-state index contributed by atoms with van der Waals surface area (Å²) in [5.74, 6) is -0.957. The van der Waals surface area contributed by atoms with Gasteiger partial charge in [-0.05, 0) is 49.4 Å². The minimum absolute atomic E-state index is 0.0774. The molecule has 1 N–H and O–H groups in total. The number of hydrogen-bond acceptors (Lipinski definition) is 6. The minimum atomic E-state index is -0.835. The number of aromatic nitrogens is 4. The number of aryl methyl sites for hydroxylation is 1. The topological polar surface area (TPSA) is 104 Å². The van der Waals surface area contributed by atoms with Crippen LogP contribution in [-0.4, -0.2) is 62.0 Å². The minimum Gasteiger partial charge on any atom is -0.481 e. The van der Waals surface area contributed by atoms with Crippen LogP contribution in [-0.2, 0) is 17.9 Å². The van der Waals surface area contributed by atoms with E-state index in [9.17, 15) is 9.59 Å². The number of carboxylic acid groups (broad SMARTS) is 1. The average molecular weight is 463 g/mol. The van der Waals surface area contributed by atoms with Crippen molar-refractivity contribution in [1.82, 2.24) is 24.9 Å². The van der Waals surface area contributed by atoms with Gasteiger partial charge < -0.3 is 14.9 Å². The fourth-order valence-electron chi connectivity index (χ4n) is 4.16. The molecular weight excluding hydrogens is 432 g/mol. The Kier molecular flexibility index (Phi) is 7.51. The normalized spacial score (nSPS) is 13.6. The van der Waals surface area contributed by atoms with E-state index >= 15 is 0 Å². The van der Waals surface area contributed by atoms with Gasteiger partial charge in [0.25, 0.3) is 5.91 Å². The Hall–Kier alpha value is -3.75. The maximum Gasteiger partial charge on any atom is 0.303 e. The van der Waals surface area contributed by atoms with Crippen LogP contribution in [0.3, 0.4) is 0 Å². The molecule has 0 atom stereocenters. The molecule has 0 unspecified atom stereocenters. The third kappa shape index (κ3) is 5.98. The first-order valence-corrected chi connectivity index (χ1v) is 11.7.